The van der Waals surface area contributed by atoms with Gasteiger partial charge in [-0.15, -0.1) is 0 Å². The summed E-state index contributed by atoms with van der Waals surface area (Å²) in [4.78, 5) is 44.7. The molecule has 0 bridgehead atoms. The zero-order valence-electron chi connectivity index (χ0n) is 23.8. The van der Waals surface area contributed by atoms with Crippen LogP contribution in [0.2, 0.25) is 0 Å². The molecule has 3 heterocycles. The van der Waals surface area contributed by atoms with Gasteiger partial charge in [-0.25, -0.2) is 4.79 Å². The van der Waals surface area contributed by atoms with E-state index < -0.39 is 24.3 Å². The third-order valence-electron chi connectivity index (χ3n) is 7.90. The number of amides is 1. The van der Waals surface area contributed by atoms with E-state index in [1.165, 1.54) is 0 Å². The molecule has 2 aliphatic heterocycles. The van der Waals surface area contributed by atoms with E-state index in [-0.39, 0.29) is 29.9 Å². The number of pyridine rings is 1. The Balaban J connectivity index is 1.58. The van der Waals surface area contributed by atoms with Gasteiger partial charge in [-0.2, -0.15) is 0 Å². The fourth-order valence-corrected chi connectivity index (χ4v) is 5.27. The van der Waals surface area contributed by atoms with Crippen molar-refractivity contribution in [1.29, 1.82) is 0 Å². The summed E-state index contributed by atoms with van der Waals surface area (Å²) in [5, 5.41) is 12.0. The molecule has 2 aromatic rings. The van der Waals surface area contributed by atoms with Gasteiger partial charge in [0.25, 0.3) is 5.56 Å². The number of cyclic esters (lactones) is 1. The third kappa shape index (κ3) is 7.61. The number of piperazine rings is 1. The molecule has 0 radical (unpaired) electrons. The monoisotopic (exact) mass is 551 g/mol. The molecular formula is C31H41N3O6. The molecular weight excluding hydrogens is 510 g/mol. The zero-order valence-corrected chi connectivity index (χ0v) is 23.8. The van der Waals surface area contributed by atoms with E-state index in [4.69, 9.17) is 9.47 Å². The molecule has 1 saturated heterocycles. The molecule has 9 nitrogen and oxygen atoms in total. The molecule has 1 fully saturated rings. The van der Waals surface area contributed by atoms with Crippen LogP contribution in [0.25, 0.3) is 16.8 Å². The second-order valence-corrected chi connectivity index (χ2v) is 11.2. The van der Waals surface area contributed by atoms with Gasteiger partial charge in [0.05, 0.1) is 12.5 Å². The number of benzene rings is 1. The van der Waals surface area contributed by atoms with Gasteiger partial charge in [0.1, 0.15) is 12.2 Å². The number of aliphatic hydroxyl groups excluding tert-OH is 1. The minimum Gasteiger partial charge on any atom is -0.457 e. The van der Waals surface area contributed by atoms with Crippen molar-refractivity contribution in [2.24, 2.45) is 11.8 Å². The molecule has 9 heteroatoms. The molecule has 0 aliphatic carbocycles. The number of hydrogen-bond donors (Lipinski definition) is 2. The number of carbonyl (C=O) groups excluding carboxylic acids is 2. The number of esters is 1. The van der Waals surface area contributed by atoms with Crippen LogP contribution >= 0.6 is 0 Å². The van der Waals surface area contributed by atoms with Gasteiger partial charge < -0.3 is 29.4 Å². The molecule has 1 aromatic carbocycles. The summed E-state index contributed by atoms with van der Waals surface area (Å²) in [7, 11) is 2.03. The maximum absolute atomic E-state index is 13.0. The fraction of sp³-hybridized carbons (Fsp3) is 0.516. The molecule has 0 spiro atoms. The van der Waals surface area contributed by atoms with Crippen LogP contribution in [0.4, 0.5) is 4.79 Å². The van der Waals surface area contributed by atoms with Crippen molar-refractivity contribution in [1.82, 2.24) is 14.8 Å². The molecule has 0 saturated carbocycles. The lowest BCUT2D eigenvalue weighted by molar-refractivity contribution is -0.151. The van der Waals surface area contributed by atoms with Gasteiger partial charge >= 0.3 is 12.1 Å². The fourth-order valence-electron chi connectivity index (χ4n) is 5.27. The van der Waals surface area contributed by atoms with Crippen molar-refractivity contribution < 1.29 is 24.2 Å². The highest BCUT2D eigenvalue weighted by Gasteiger charge is 2.29. The Morgan fingerprint density at radius 1 is 1.10 bits per heavy atom. The minimum absolute atomic E-state index is 0.0456. The topological polar surface area (TPSA) is 112 Å². The van der Waals surface area contributed by atoms with Gasteiger partial charge in [-0.05, 0) is 67.5 Å². The molecule has 0 unspecified atom stereocenters. The average Bonchev–Trinajstić information content (AvgIpc) is 2.92. The number of rotatable bonds is 3. The number of hydrogen-bond acceptors (Lipinski definition) is 7. The summed E-state index contributed by atoms with van der Waals surface area (Å²) in [6, 6.07) is 7.46. The van der Waals surface area contributed by atoms with Gasteiger partial charge in [0.2, 0.25) is 0 Å². The van der Waals surface area contributed by atoms with Gasteiger partial charge in [-0.3, -0.25) is 9.59 Å². The SMILES string of the molecule is C/C(=C\c1ccc2cc[nH]c(=O)c2c1)[C@H]1OC(=O)C[C@H](O)CC[C@H](C)[C@@H](OC(=O)N2CCN(C)CC2)/C=C\[C@@H]1C. The van der Waals surface area contributed by atoms with Gasteiger partial charge in [0.15, 0.2) is 0 Å². The van der Waals surface area contributed by atoms with Crippen LogP contribution in [0.15, 0.2) is 53.0 Å². The Hall–Kier alpha value is -3.43. The Kier molecular flexibility index (Phi) is 9.81. The average molecular weight is 552 g/mol. The van der Waals surface area contributed by atoms with Crippen LogP contribution in [0.3, 0.4) is 0 Å². The first-order valence-corrected chi connectivity index (χ1v) is 14.1. The maximum Gasteiger partial charge on any atom is 0.410 e. The summed E-state index contributed by atoms with van der Waals surface area (Å²) >= 11 is 0. The lowest BCUT2D eigenvalue weighted by Gasteiger charge is -2.33. The van der Waals surface area contributed by atoms with Gasteiger partial charge in [-0.1, -0.05) is 38.1 Å². The van der Waals surface area contributed by atoms with Crippen LogP contribution in [-0.4, -0.2) is 83.5 Å². The van der Waals surface area contributed by atoms with E-state index in [9.17, 15) is 19.5 Å². The van der Waals surface area contributed by atoms with E-state index >= 15 is 0 Å². The highest BCUT2D eigenvalue weighted by Crippen LogP contribution is 2.26. The highest BCUT2D eigenvalue weighted by molar-refractivity contribution is 5.84. The Labute approximate surface area is 235 Å². The Morgan fingerprint density at radius 2 is 1.85 bits per heavy atom. The van der Waals surface area contributed by atoms with Crippen molar-refractivity contribution in [3.05, 3.63) is 64.1 Å². The molecule has 1 amide bonds. The molecule has 1 aromatic heterocycles. The predicted molar refractivity (Wildman–Crippen MR) is 155 cm³/mol. The normalized spacial score (nSPS) is 28.3. The smallest absolute Gasteiger partial charge is 0.410 e. The number of fused-ring (bicyclic) bond motifs is 1. The third-order valence-corrected chi connectivity index (χ3v) is 7.90. The van der Waals surface area contributed by atoms with E-state index in [1.54, 1.807) is 11.1 Å². The van der Waals surface area contributed by atoms with Crippen molar-refractivity contribution in [2.45, 2.75) is 58.3 Å². The lowest BCUT2D eigenvalue weighted by atomic mass is 9.91. The quantitative estimate of drug-likeness (QED) is 0.439. The first-order valence-electron chi connectivity index (χ1n) is 14.1. The van der Waals surface area contributed by atoms with Crippen molar-refractivity contribution in [3.63, 3.8) is 0 Å². The molecule has 216 valence electrons. The van der Waals surface area contributed by atoms with Gasteiger partial charge in [0, 0.05) is 43.7 Å². The van der Waals surface area contributed by atoms with Crippen molar-refractivity contribution >= 4 is 28.9 Å². The number of likely N-dealkylation sites (N-methyl/N-ethyl adjacent to an activating group) is 1. The molecule has 4 rings (SSSR count). The van der Waals surface area contributed by atoms with Crippen molar-refractivity contribution in [3.8, 4) is 0 Å². The summed E-state index contributed by atoms with van der Waals surface area (Å²) in [5.41, 5.74) is 1.44. The first-order chi connectivity index (χ1) is 19.1. The molecule has 2 aliphatic rings. The Morgan fingerprint density at radius 3 is 2.60 bits per heavy atom. The molecule has 2 N–H and O–H groups in total. The largest absolute Gasteiger partial charge is 0.457 e. The zero-order chi connectivity index (χ0) is 28.8. The van der Waals surface area contributed by atoms with E-state index in [1.807, 2.05) is 70.3 Å². The van der Waals surface area contributed by atoms with Crippen LogP contribution in [-0.2, 0) is 14.3 Å². The van der Waals surface area contributed by atoms with Crippen LogP contribution in [0, 0.1) is 11.8 Å². The highest BCUT2D eigenvalue weighted by atomic mass is 16.6. The number of aliphatic hydroxyl groups is 1. The van der Waals surface area contributed by atoms with Crippen molar-refractivity contribution in [2.75, 3.05) is 33.2 Å². The number of ether oxygens (including phenoxy) is 2. The van der Waals surface area contributed by atoms with E-state index in [0.29, 0.717) is 31.3 Å². The number of nitrogens with one attached hydrogen (secondary N) is 1. The summed E-state index contributed by atoms with van der Waals surface area (Å²) < 4.78 is 11.9. The maximum atomic E-state index is 13.0. The summed E-state index contributed by atoms with van der Waals surface area (Å²) in [6.45, 7) is 8.69. The second-order valence-electron chi connectivity index (χ2n) is 11.2. The predicted octanol–water partition coefficient (Wildman–Crippen LogP) is 3.97. The van der Waals surface area contributed by atoms with Crippen LogP contribution < -0.4 is 5.56 Å². The number of aromatic nitrogens is 1. The summed E-state index contributed by atoms with van der Waals surface area (Å²) in [6.07, 6.45) is 5.98. The lowest BCUT2D eigenvalue weighted by Crippen LogP contribution is -2.48. The second kappa shape index (κ2) is 13.3. The number of aromatic amines is 1. The first kappa shape index (κ1) is 29.6. The minimum atomic E-state index is -0.847. The number of carbonyl (C=O) groups is 2. The van der Waals surface area contributed by atoms with E-state index in [0.717, 1.165) is 29.6 Å². The molecule has 5 atom stereocenters. The number of nitrogens with zero attached hydrogens (tertiary/aromatic N) is 2. The van der Waals surface area contributed by atoms with Crippen LogP contribution in [0.1, 0.15) is 45.6 Å². The number of H-pyrrole nitrogens is 1. The van der Waals surface area contributed by atoms with Crippen LogP contribution in [0.5, 0.6) is 0 Å². The standard InChI is InChI=1S/C31H41N3O6/c1-20-5-9-25(35)19-28(36)40-29(22(3)17-23-7-8-24-11-12-32-30(37)26(24)18-23)21(2)6-10-27(20)39-31(38)34-15-13-33(4)14-16-34/h6-8,10-12,17-18,20-21,25,27,29,35H,5,9,13-16,19H2,1-4H3,(H,32,37)/b10-6-,22-17+/t20-,21-,25+,27-,29-/m0/s1. The molecule has 40 heavy (non-hydrogen) atoms. The van der Waals surface area contributed by atoms with E-state index in [2.05, 4.69) is 9.88 Å². The summed E-state index contributed by atoms with van der Waals surface area (Å²) in [5.74, 6) is -0.750. The Bertz CT molecular complexity index is 1310.